The maximum absolute atomic E-state index is 10.9. The minimum absolute atomic E-state index is 0.373. The Morgan fingerprint density at radius 2 is 1.61 bits per heavy atom. The van der Waals surface area contributed by atoms with Crippen LogP contribution in [-0.2, 0) is 4.79 Å². The van der Waals surface area contributed by atoms with Crippen molar-refractivity contribution in [1.29, 1.82) is 0 Å². The van der Waals surface area contributed by atoms with Crippen LogP contribution in [0.15, 0.2) is 67.3 Å². The summed E-state index contributed by atoms with van der Waals surface area (Å²) in [6, 6.07) is 17.5. The molecule has 2 aromatic carbocycles. The number of hydroxylamine groups is 1. The summed E-state index contributed by atoms with van der Waals surface area (Å²) in [6.07, 6.45) is 1.15. The first-order valence-electron chi connectivity index (χ1n) is 5.54. The van der Waals surface area contributed by atoms with Gasteiger partial charge in [0.25, 0.3) is 5.91 Å². The molecule has 2 rings (SSSR count). The molecular weight excluding hydrogens is 226 g/mol. The van der Waals surface area contributed by atoms with Crippen molar-refractivity contribution in [2.75, 3.05) is 0 Å². The number of carbonyl (C=O) groups is 1. The molecule has 0 unspecified atom stereocenters. The first-order valence-corrected chi connectivity index (χ1v) is 5.54. The van der Waals surface area contributed by atoms with Crippen molar-refractivity contribution in [3.8, 4) is 16.9 Å². The van der Waals surface area contributed by atoms with Gasteiger partial charge in [-0.2, -0.15) is 5.48 Å². The highest BCUT2D eigenvalue weighted by Crippen LogP contribution is 2.21. The molecule has 0 radical (unpaired) electrons. The highest BCUT2D eigenvalue weighted by molar-refractivity contribution is 5.86. The van der Waals surface area contributed by atoms with Gasteiger partial charge < -0.3 is 4.84 Å². The Labute approximate surface area is 106 Å². The summed E-state index contributed by atoms with van der Waals surface area (Å²) >= 11 is 0. The molecule has 90 valence electrons. The van der Waals surface area contributed by atoms with Crippen LogP contribution in [0, 0.1) is 0 Å². The van der Waals surface area contributed by atoms with Crippen molar-refractivity contribution in [2.45, 2.75) is 0 Å². The van der Waals surface area contributed by atoms with Crippen LogP contribution in [0.3, 0.4) is 0 Å². The summed E-state index contributed by atoms with van der Waals surface area (Å²) in [4.78, 5) is 16.0. The second-order valence-corrected chi connectivity index (χ2v) is 3.66. The van der Waals surface area contributed by atoms with Gasteiger partial charge in [0.05, 0.1) is 0 Å². The fourth-order valence-electron chi connectivity index (χ4n) is 1.50. The van der Waals surface area contributed by atoms with Gasteiger partial charge in [-0.3, -0.25) is 4.79 Å². The van der Waals surface area contributed by atoms with E-state index in [4.69, 9.17) is 4.84 Å². The van der Waals surface area contributed by atoms with Crippen molar-refractivity contribution < 1.29 is 9.63 Å². The Balaban J connectivity index is 2.06. The average Bonchev–Trinajstić information content (AvgIpc) is 2.46. The zero-order valence-electron chi connectivity index (χ0n) is 9.80. The molecule has 0 atom stereocenters. The van der Waals surface area contributed by atoms with Crippen molar-refractivity contribution in [1.82, 2.24) is 5.48 Å². The van der Waals surface area contributed by atoms with Crippen molar-refractivity contribution in [3.05, 3.63) is 67.3 Å². The molecule has 0 spiro atoms. The zero-order chi connectivity index (χ0) is 12.8. The lowest BCUT2D eigenvalue weighted by Crippen LogP contribution is -2.24. The predicted molar refractivity (Wildman–Crippen MR) is 70.8 cm³/mol. The monoisotopic (exact) mass is 239 g/mol. The van der Waals surface area contributed by atoms with Crippen LogP contribution in [0.5, 0.6) is 5.75 Å². The van der Waals surface area contributed by atoms with E-state index in [-0.39, 0.29) is 5.91 Å². The number of carbonyl (C=O) groups excluding carboxylic acids is 1. The third kappa shape index (κ3) is 2.98. The Kier molecular flexibility index (Phi) is 3.76. The van der Waals surface area contributed by atoms with Gasteiger partial charge in [0.15, 0.2) is 5.75 Å². The van der Waals surface area contributed by atoms with Crippen LogP contribution in [0.2, 0.25) is 0 Å². The second-order valence-electron chi connectivity index (χ2n) is 3.66. The standard InChI is InChI=1S/C15H13NO2/c1-2-15(17)16-18-14-10-8-13(9-11-14)12-6-4-3-5-7-12/h2-11H,1H2,(H,16,17). The van der Waals surface area contributed by atoms with Gasteiger partial charge in [-0.25, -0.2) is 0 Å². The second kappa shape index (κ2) is 5.68. The lowest BCUT2D eigenvalue weighted by molar-refractivity contribution is -0.122. The van der Waals surface area contributed by atoms with E-state index in [0.29, 0.717) is 5.75 Å². The molecule has 0 saturated carbocycles. The Morgan fingerprint density at radius 1 is 1.00 bits per heavy atom. The number of nitrogens with one attached hydrogen (secondary N) is 1. The Morgan fingerprint density at radius 3 is 2.22 bits per heavy atom. The lowest BCUT2D eigenvalue weighted by atomic mass is 10.1. The number of amides is 1. The lowest BCUT2D eigenvalue weighted by Gasteiger charge is -2.06. The van der Waals surface area contributed by atoms with Crippen LogP contribution in [0.4, 0.5) is 0 Å². The first-order chi connectivity index (χ1) is 8.79. The summed E-state index contributed by atoms with van der Waals surface area (Å²) in [5.74, 6) is 0.201. The largest absolute Gasteiger partial charge is 0.379 e. The number of hydrogen-bond donors (Lipinski definition) is 1. The molecule has 3 heteroatoms. The number of benzene rings is 2. The van der Waals surface area contributed by atoms with E-state index in [0.717, 1.165) is 17.2 Å². The maximum atomic E-state index is 10.9. The van der Waals surface area contributed by atoms with Crippen LogP contribution in [0.1, 0.15) is 0 Å². The van der Waals surface area contributed by atoms with Gasteiger partial charge in [0.1, 0.15) is 0 Å². The molecular formula is C15H13NO2. The van der Waals surface area contributed by atoms with E-state index in [1.165, 1.54) is 0 Å². The molecule has 0 aliphatic heterocycles. The van der Waals surface area contributed by atoms with E-state index in [1.807, 2.05) is 42.5 Å². The quantitative estimate of drug-likeness (QED) is 0.658. The van der Waals surface area contributed by atoms with E-state index < -0.39 is 0 Å². The summed E-state index contributed by atoms with van der Waals surface area (Å²) in [5.41, 5.74) is 4.48. The molecule has 3 nitrogen and oxygen atoms in total. The normalized spacial score (nSPS) is 9.56. The first kappa shape index (κ1) is 11.9. The van der Waals surface area contributed by atoms with Gasteiger partial charge in [0.2, 0.25) is 0 Å². The molecule has 0 heterocycles. The van der Waals surface area contributed by atoms with Crippen molar-refractivity contribution in [2.24, 2.45) is 0 Å². The highest BCUT2D eigenvalue weighted by Gasteiger charge is 1.99. The molecule has 1 N–H and O–H groups in total. The highest BCUT2D eigenvalue weighted by atomic mass is 16.7. The zero-order valence-corrected chi connectivity index (χ0v) is 9.80. The SMILES string of the molecule is C=CC(=O)NOc1ccc(-c2ccccc2)cc1. The summed E-state index contributed by atoms with van der Waals surface area (Å²) in [7, 11) is 0. The van der Waals surface area contributed by atoms with Crippen LogP contribution >= 0.6 is 0 Å². The van der Waals surface area contributed by atoms with E-state index in [1.54, 1.807) is 12.1 Å². The summed E-state index contributed by atoms with van der Waals surface area (Å²) in [6.45, 7) is 3.33. The molecule has 1 amide bonds. The molecule has 0 fully saturated rings. The number of hydrogen-bond acceptors (Lipinski definition) is 2. The smallest absolute Gasteiger partial charge is 0.276 e. The summed E-state index contributed by atoms with van der Waals surface area (Å²) in [5, 5.41) is 0. The van der Waals surface area contributed by atoms with Gasteiger partial charge >= 0.3 is 0 Å². The van der Waals surface area contributed by atoms with Gasteiger partial charge in [-0.15, -0.1) is 0 Å². The van der Waals surface area contributed by atoms with E-state index in [2.05, 4.69) is 12.1 Å². The maximum Gasteiger partial charge on any atom is 0.276 e. The fraction of sp³-hybridized carbons (Fsp3) is 0. The minimum Gasteiger partial charge on any atom is -0.379 e. The van der Waals surface area contributed by atoms with Crippen molar-refractivity contribution in [3.63, 3.8) is 0 Å². The van der Waals surface area contributed by atoms with E-state index in [9.17, 15) is 4.79 Å². The molecule has 0 aliphatic rings. The van der Waals surface area contributed by atoms with Crippen LogP contribution < -0.4 is 10.3 Å². The van der Waals surface area contributed by atoms with Crippen LogP contribution in [0.25, 0.3) is 11.1 Å². The van der Waals surface area contributed by atoms with Gasteiger partial charge in [-0.05, 0) is 29.3 Å². The van der Waals surface area contributed by atoms with Gasteiger partial charge in [0, 0.05) is 0 Å². The molecule has 0 aromatic heterocycles. The van der Waals surface area contributed by atoms with Crippen molar-refractivity contribution >= 4 is 5.91 Å². The van der Waals surface area contributed by atoms with Crippen LogP contribution in [-0.4, -0.2) is 5.91 Å². The molecule has 18 heavy (non-hydrogen) atoms. The summed E-state index contributed by atoms with van der Waals surface area (Å²) < 4.78 is 0. The molecule has 0 bridgehead atoms. The predicted octanol–water partition coefficient (Wildman–Crippen LogP) is 2.95. The molecule has 0 aliphatic carbocycles. The average molecular weight is 239 g/mol. The Hall–Kier alpha value is -2.55. The molecule has 2 aromatic rings. The molecule has 0 saturated heterocycles. The minimum atomic E-state index is -0.373. The van der Waals surface area contributed by atoms with E-state index >= 15 is 0 Å². The third-order valence-corrected chi connectivity index (χ3v) is 2.42. The Bertz CT molecular complexity index is 532. The topological polar surface area (TPSA) is 38.3 Å². The third-order valence-electron chi connectivity index (χ3n) is 2.42. The van der Waals surface area contributed by atoms with Gasteiger partial charge in [-0.1, -0.05) is 49.0 Å². The fourth-order valence-corrected chi connectivity index (χ4v) is 1.50. The number of rotatable bonds is 4.